The van der Waals surface area contributed by atoms with Gasteiger partial charge in [0.05, 0.1) is 10.0 Å². The summed E-state index contributed by atoms with van der Waals surface area (Å²) in [6.45, 7) is 1.83. The fourth-order valence-electron chi connectivity index (χ4n) is 1.62. The second-order valence-corrected chi connectivity index (χ2v) is 5.25. The number of phenols is 1. The van der Waals surface area contributed by atoms with Crippen LogP contribution in [0.4, 0.5) is 5.69 Å². The summed E-state index contributed by atoms with van der Waals surface area (Å²) in [5.41, 5.74) is 1.50. The number of rotatable bonds is 4. The number of halogens is 2. The molecule has 0 aliphatic heterocycles. The van der Waals surface area contributed by atoms with Crippen LogP contribution in [-0.2, 0) is 4.79 Å². The Morgan fingerprint density at radius 3 is 2.33 bits per heavy atom. The van der Waals surface area contributed by atoms with E-state index in [1.165, 1.54) is 12.1 Å². The van der Waals surface area contributed by atoms with Crippen molar-refractivity contribution in [2.45, 2.75) is 6.92 Å². The third kappa shape index (κ3) is 4.28. The first-order chi connectivity index (χ1) is 9.95. The van der Waals surface area contributed by atoms with Crippen molar-refractivity contribution in [2.24, 2.45) is 0 Å². The average molecular weight is 326 g/mol. The molecule has 0 fully saturated rings. The third-order valence-electron chi connectivity index (χ3n) is 2.69. The molecule has 110 valence electrons. The van der Waals surface area contributed by atoms with Crippen molar-refractivity contribution in [1.29, 1.82) is 0 Å². The number of benzene rings is 2. The van der Waals surface area contributed by atoms with Gasteiger partial charge in [0.15, 0.2) is 12.4 Å². The summed E-state index contributed by atoms with van der Waals surface area (Å²) in [5, 5.41) is 12.2. The van der Waals surface area contributed by atoms with Crippen molar-refractivity contribution < 1.29 is 14.6 Å². The van der Waals surface area contributed by atoms with Crippen molar-refractivity contribution in [3.8, 4) is 11.5 Å². The first-order valence-electron chi connectivity index (χ1n) is 6.13. The minimum Gasteiger partial charge on any atom is -0.505 e. The molecule has 0 saturated heterocycles. The fraction of sp³-hybridized carbons (Fsp3) is 0.133. The highest BCUT2D eigenvalue weighted by Crippen LogP contribution is 2.34. The van der Waals surface area contributed by atoms with Crippen LogP contribution in [0.2, 0.25) is 10.0 Å². The molecule has 0 spiro atoms. The summed E-state index contributed by atoms with van der Waals surface area (Å²) in [6.07, 6.45) is 0. The van der Waals surface area contributed by atoms with Crippen LogP contribution in [0.5, 0.6) is 11.5 Å². The molecule has 2 N–H and O–H groups in total. The number of ether oxygens (including phenoxy) is 1. The third-order valence-corrected chi connectivity index (χ3v) is 3.27. The van der Waals surface area contributed by atoms with E-state index in [0.29, 0.717) is 11.4 Å². The highest BCUT2D eigenvalue weighted by atomic mass is 35.5. The molecule has 2 aromatic rings. The van der Waals surface area contributed by atoms with E-state index in [0.717, 1.165) is 5.56 Å². The van der Waals surface area contributed by atoms with Crippen LogP contribution < -0.4 is 10.1 Å². The maximum atomic E-state index is 11.8. The zero-order chi connectivity index (χ0) is 15.4. The van der Waals surface area contributed by atoms with E-state index in [1.54, 1.807) is 12.1 Å². The Balaban J connectivity index is 1.94. The van der Waals surface area contributed by atoms with Crippen molar-refractivity contribution in [3.05, 3.63) is 52.0 Å². The molecule has 0 bridgehead atoms. The highest BCUT2D eigenvalue weighted by Gasteiger charge is 2.09. The van der Waals surface area contributed by atoms with Gasteiger partial charge in [-0.3, -0.25) is 4.79 Å². The van der Waals surface area contributed by atoms with Gasteiger partial charge in [-0.1, -0.05) is 40.9 Å². The Morgan fingerprint density at radius 2 is 1.76 bits per heavy atom. The molecule has 0 saturated carbocycles. The number of anilines is 1. The van der Waals surface area contributed by atoms with Gasteiger partial charge in [0.25, 0.3) is 5.91 Å². The number of nitrogens with one attached hydrogen (secondary N) is 1. The Hall–Kier alpha value is -1.91. The quantitative estimate of drug-likeness (QED) is 0.834. The number of phenolic OH excluding ortho intramolecular Hbond substituents is 1. The Labute approximate surface area is 132 Å². The van der Waals surface area contributed by atoms with E-state index < -0.39 is 0 Å². The zero-order valence-electron chi connectivity index (χ0n) is 11.2. The minimum absolute atomic E-state index is 0.0669. The van der Waals surface area contributed by atoms with Crippen LogP contribution in [0.15, 0.2) is 36.4 Å². The predicted octanol–water partition coefficient (Wildman–Crippen LogP) is 4.02. The summed E-state index contributed by atoms with van der Waals surface area (Å²) in [7, 11) is 0. The maximum absolute atomic E-state index is 11.8. The molecule has 2 aromatic carbocycles. The van der Waals surface area contributed by atoms with Gasteiger partial charge in [0.2, 0.25) is 0 Å². The number of carbonyl (C=O) groups excluding carboxylic acids is 1. The van der Waals surface area contributed by atoms with Gasteiger partial charge < -0.3 is 15.2 Å². The number of aryl methyl sites for hydroxylation is 1. The standard InChI is InChI=1S/C15H13Cl2NO3/c1-9-2-4-11(5-3-9)21-8-14(19)18-10-6-12(16)15(20)13(17)7-10/h2-7,20H,8H2,1H3,(H,18,19). The number of aromatic hydroxyl groups is 1. The first kappa shape index (κ1) is 15.5. The molecule has 1 amide bonds. The van der Waals surface area contributed by atoms with Crippen molar-refractivity contribution in [3.63, 3.8) is 0 Å². The minimum atomic E-state index is -0.353. The smallest absolute Gasteiger partial charge is 0.262 e. The highest BCUT2D eigenvalue weighted by molar-refractivity contribution is 6.37. The van der Waals surface area contributed by atoms with Crippen LogP contribution in [-0.4, -0.2) is 17.6 Å². The number of hydrogen-bond donors (Lipinski definition) is 2. The second-order valence-electron chi connectivity index (χ2n) is 4.44. The molecule has 0 heterocycles. The summed E-state index contributed by atoms with van der Waals surface area (Å²) in [5.74, 6) is 0.0400. The van der Waals surface area contributed by atoms with Crippen molar-refractivity contribution in [1.82, 2.24) is 0 Å². The van der Waals surface area contributed by atoms with Gasteiger partial charge in [-0.25, -0.2) is 0 Å². The Morgan fingerprint density at radius 1 is 1.19 bits per heavy atom. The average Bonchev–Trinajstić information content (AvgIpc) is 2.44. The lowest BCUT2D eigenvalue weighted by Crippen LogP contribution is -2.20. The predicted molar refractivity (Wildman–Crippen MR) is 83.4 cm³/mol. The van der Waals surface area contributed by atoms with Crippen LogP contribution in [0.1, 0.15) is 5.56 Å². The number of hydrogen-bond acceptors (Lipinski definition) is 3. The lowest BCUT2D eigenvalue weighted by atomic mass is 10.2. The van der Waals surface area contributed by atoms with Gasteiger partial charge >= 0.3 is 0 Å². The molecule has 4 nitrogen and oxygen atoms in total. The van der Waals surface area contributed by atoms with Crippen LogP contribution >= 0.6 is 23.2 Å². The fourth-order valence-corrected chi connectivity index (χ4v) is 2.11. The monoisotopic (exact) mass is 325 g/mol. The number of carbonyl (C=O) groups is 1. The van der Waals surface area contributed by atoms with Crippen molar-refractivity contribution >= 4 is 34.8 Å². The Kier molecular flexibility index (Phi) is 4.94. The molecule has 0 radical (unpaired) electrons. The number of amides is 1. The van der Waals surface area contributed by atoms with E-state index in [1.807, 2.05) is 19.1 Å². The van der Waals surface area contributed by atoms with Gasteiger partial charge in [0.1, 0.15) is 5.75 Å². The normalized spacial score (nSPS) is 10.2. The largest absolute Gasteiger partial charge is 0.505 e. The summed E-state index contributed by atoms with van der Waals surface area (Å²) < 4.78 is 5.35. The first-order valence-corrected chi connectivity index (χ1v) is 6.88. The molecule has 0 aliphatic rings. The van der Waals surface area contributed by atoms with Crippen molar-refractivity contribution in [2.75, 3.05) is 11.9 Å². The van der Waals surface area contributed by atoms with Gasteiger partial charge in [0, 0.05) is 5.69 Å². The van der Waals surface area contributed by atoms with Gasteiger partial charge in [-0.2, -0.15) is 0 Å². The summed E-state index contributed by atoms with van der Waals surface area (Å²) in [4.78, 5) is 11.8. The summed E-state index contributed by atoms with van der Waals surface area (Å²) in [6, 6.07) is 10.2. The van der Waals surface area contributed by atoms with Crippen LogP contribution in [0, 0.1) is 6.92 Å². The molecule has 21 heavy (non-hydrogen) atoms. The molecule has 0 unspecified atom stereocenters. The SMILES string of the molecule is Cc1ccc(OCC(=O)Nc2cc(Cl)c(O)c(Cl)c2)cc1. The second kappa shape index (κ2) is 6.70. The molecule has 0 aliphatic carbocycles. The lowest BCUT2D eigenvalue weighted by Gasteiger charge is -2.09. The van der Waals surface area contributed by atoms with Crippen LogP contribution in [0.3, 0.4) is 0 Å². The van der Waals surface area contributed by atoms with E-state index in [2.05, 4.69) is 5.32 Å². The molecule has 2 rings (SSSR count). The van der Waals surface area contributed by atoms with E-state index in [-0.39, 0.29) is 28.3 Å². The Bertz CT molecular complexity index is 633. The van der Waals surface area contributed by atoms with E-state index >= 15 is 0 Å². The maximum Gasteiger partial charge on any atom is 0.262 e. The molecular weight excluding hydrogens is 313 g/mol. The molecule has 6 heteroatoms. The molecule has 0 atom stereocenters. The van der Waals surface area contributed by atoms with E-state index in [4.69, 9.17) is 27.9 Å². The van der Waals surface area contributed by atoms with E-state index in [9.17, 15) is 9.90 Å². The lowest BCUT2D eigenvalue weighted by molar-refractivity contribution is -0.118. The molecule has 0 aromatic heterocycles. The zero-order valence-corrected chi connectivity index (χ0v) is 12.7. The van der Waals surface area contributed by atoms with Gasteiger partial charge in [-0.05, 0) is 31.2 Å². The summed E-state index contributed by atoms with van der Waals surface area (Å²) >= 11 is 11.5. The van der Waals surface area contributed by atoms with Gasteiger partial charge in [-0.15, -0.1) is 0 Å². The topological polar surface area (TPSA) is 58.6 Å². The van der Waals surface area contributed by atoms with Crippen LogP contribution in [0.25, 0.3) is 0 Å². The molecular formula is C15H13Cl2NO3.